The molecule has 1 amide bonds. The number of carbonyl (C=O) groups is 1. The summed E-state index contributed by atoms with van der Waals surface area (Å²) in [4.78, 5) is 23.8. The number of fused-ring (bicyclic) bond motifs is 1. The number of likely N-dealkylation sites (tertiary alicyclic amines) is 1. The average Bonchev–Trinajstić information content (AvgIpc) is 3.57. The lowest BCUT2D eigenvalue weighted by Crippen LogP contribution is -2.44. The highest BCUT2D eigenvalue weighted by atomic mass is 19.1. The highest BCUT2D eigenvalue weighted by molar-refractivity contribution is 5.99. The van der Waals surface area contributed by atoms with Gasteiger partial charge in [-0.1, -0.05) is 32.0 Å². The molecule has 1 unspecified atom stereocenters. The number of nitrogen functional groups attached to an aromatic ring is 1. The van der Waals surface area contributed by atoms with Gasteiger partial charge in [0.2, 0.25) is 0 Å². The van der Waals surface area contributed by atoms with Crippen molar-refractivity contribution in [2.24, 2.45) is 0 Å². The molecule has 1 fully saturated rings. The largest absolute Gasteiger partial charge is 0.457 e. The maximum absolute atomic E-state index is 15.5. The highest BCUT2D eigenvalue weighted by Crippen LogP contribution is 2.35. The van der Waals surface area contributed by atoms with E-state index in [1.54, 1.807) is 39.9 Å². The standard InChI is InChI=1S/C32H35FN8O2/c1-20(2)38-32(3,4)16-21(17-34)31(42)40-14-8-9-22(40)18-41-30-27(29(35)36-19-37-30)28(39-41)25-13-12-24(15-26(25)33)43-23-10-6-5-7-11-23/h5-7,10-13,15-16,19-20,22,38H,8-9,14,18H2,1-4H3,(H2,35,36,37). The summed E-state index contributed by atoms with van der Waals surface area (Å²) in [7, 11) is 0. The molecule has 11 heteroatoms. The second-order valence-electron chi connectivity index (χ2n) is 11.5. The Morgan fingerprint density at radius 2 is 2.00 bits per heavy atom. The van der Waals surface area contributed by atoms with E-state index in [2.05, 4.69) is 21.4 Å². The van der Waals surface area contributed by atoms with E-state index in [1.165, 1.54) is 12.4 Å². The number of aromatic nitrogens is 4. The van der Waals surface area contributed by atoms with Crippen molar-refractivity contribution in [2.45, 2.75) is 64.7 Å². The number of ether oxygens (including phenoxy) is 1. The number of benzene rings is 2. The average molecular weight is 583 g/mol. The molecule has 1 aliphatic rings. The summed E-state index contributed by atoms with van der Waals surface area (Å²) in [5.74, 6) is 0.238. The van der Waals surface area contributed by atoms with E-state index in [0.717, 1.165) is 12.8 Å². The molecule has 0 saturated carbocycles. The zero-order chi connectivity index (χ0) is 30.7. The molecule has 222 valence electrons. The minimum absolute atomic E-state index is 0.0857. The smallest absolute Gasteiger partial charge is 0.264 e. The Morgan fingerprint density at radius 3 is 2.70 bits per heavy atom. The van der Waals surface area contributed by atoms with Gasteiger partial charge in [0.25, 0.3) is 5.91 Å². The second-order valence-corrected chi connectivity index (χ2v) is 11.5. The fourth-order valence-electron chi connectivity index (χ4n) is 5.66. The van der Waals surface area contributed by atoms with Gasteiger partial charge in [-0.2, -0.15) is 10.4 Å². The number of hydrogen-bond donors (Lipinski definition) is 2. The predicted octanol–water partition coefficient (Wildman–Crippen LogP) is 5.22. The molecule has 2 aromatic carbocycles. The van der Waals surface area contributed by atoms with Gasteiger partial charge in [-0.15, -0.1) is 0 Å². The molecule has 3 N–H and O–H groups in total. The first kappa shape index (κ1) is 29.7. The Hall–Kier alpha value is -4.82. The summed E-state index contributed by atoms with van der Waals surface area (Å²) in [6.07, 6.45) is 4.53. The van der Waals surface area contributed by atoms with Crippen LogP contribution in [0.2, 0.25) is 0 Å². The topological polar surface area (TPSA) is 135 Å². The number of nitrogens with two attached hydrogens (primary N) is 1. The van der Waals surface area contributed by atoms with Gasteiger partial charge in [0.15, 0.2) is 5.65 Å². The minimum atomic E-state index is -0.544. The normalized spacial score (nSPS) is 15.7. The zero-order valence-corrected chi connectivity index (χ0v) is 24.7. The molecule has 0 bridgehead atoms. The number of halogens is 1. The number of rotatable bonds is 9. The molecule has 10 nitrogen and oxygen atoms in total. The van der Waals surface area contributed by atoms with Crippen LogP contribution in [0.15, 0.2) is 66.5 Å². The van der Waals surface area contributed by atoms with E-state index in [9.17, 15) is 10.1 Å². The van der Waals surface area contributed by atoms with E-state index in [0.29, 0.717) is 41.3 Å². The number of nitriles is 1. The lowest BCUT2D eigenvalue weighted by Gasteiger charge is -2.28. The number of hydrogen-bond acceptors (Lipinski definition) is 8. The first-order valence-electron chi connectivity index (χ1n) is 14.3. The van der Waals surface area contributed by atoms with Crippen molar-refractivity contribution in [1.29, 1.82) is 5.26 Å². The van der Waals surface area contributed by atoms with Gasteiger partial charge >= 0.3 is 0 Å². The van der Waals surface area contributed by atoms with Gasteiger partial charge in [-0.3, -0.25) is 4.79 Å². The lowest BCUT2D eigenvalue weighted by molar-refractivity contribution is -0.127. The molecule has 1 aliphatic heterocycles. The van der Waals surface area contributed by atoms with Crippen LogP contribution in [0.25, 0.3) is 22.3 Å². The third kappa shape index (κ3) is 6.49. The van der Waals surface area contributed by atoms with E-state index in [-0.39, 0.29) is 34.9 Å². The Labute approximate surface area is 250 Å². The number of carbonyl (C=O) groups excluding carboxylic acids is 1. The molecule has 0 aliphatic carbocycles. The van der Waals surface area contributed by atoms with Crippen molar-refractivity contribution in [2.75, 3.05) is 12.3 Å². The van der Waals surface area contributed by atoms with Gasteiger partial charge in [0.05, 0.1) is 18.0 Å². The van der Waals surface area contributed by atoms with Crippen LogP contribution in [-0.2, 0) is 11.3 Å². The monoisotopic (exact) mass is 582 g/mol. The fourth-order valence-corrected chi connectivity index (χ4v) is 5.66. The Kier molecular flexibility index (Phi) is 8.41. The molecule has 1 atom stereocenters. The molecule has 0 spiro atoms. The van der Waals surface area contributed by atoms with Gasteiger partial charge in [-0.05, 0) is 57.0 Å². The van der Waals surface area contributed by atoms with Crippen molar-refractivity contribution in [1.82, 2.24) is 30.0 Å². The van der Waals surface area contributed by atoms with E-state index >= 15 is 4.39 Å². The summed E-state index contributed by atoms with van der Waals surface area (Å²) >= 11 is 0. The van der Waals surface area contributed by atoms with Crippen molar-refractivity contribution in [3.8, 4) is 28.8 Å². The Bertz CT molecular complexity index is 1710. The molecule has 3 heterocycles. The summed E-state index contributed by atoms with van der Waals surface area (Å²) in [5.41, 5.74) is 6.75. The molecule has 43 heavy (non-hydrogen) atoms. The third-order valence-electron chi connectivity index (χ3n) is 7.27. The van der Waals surface area contributed by atoms with Gasteiger partial charge in [0, 0.05) is 29.8 Å². The summed E-state index contributed by atoms with van der Waals surface area (Å²) in [6.45, 7) is 8.69. The van der Waals surface area contributed by atoms with Crippen LogP contribution >= 0.6 is 0 Å². The quantitative estimate of drug-likeness (QED) is 0.203. The molecule has 1 saturated heterocycles. The number of nitrogens with one attached hydrogen (secondary N) is 1. The maximum atomic E-state index is 15.5. The first-order chi connectivity index (χ1) is 20.6. The molecular formula is C32H35FN8O2. The van der Waals surface area contributed by atoms with Crippen LogP contribution < -0.4 is 15.8 Å². The highest BCUT2D eigenvalue weighted by Gasteiger charge is 2.33. The van der Waals surface area contributed by atoms with Crippen LogP contribution in [0.3, 0.4) is 0 Å². The maximum Gasteiger partial charge on any atom is 0.264 e. The summed E-state index contributed by atoms with van der Waals surface area (Å²) in [5, 5.41) is 18.4. The van der Waals surface area contributed by atoms with Crippen molar-refractivity contribution in [3.05, 3.63) is 72.3 Å². The second kappa shape index (κ2) is 12.2. The van der Waals surface area contributed by atoms with Gasteiger partial charge in [0.1, 0.15) is 46.8 Å². The van der Waals surface area contributed by atoms with Crippen LogP contribution in [-0.4, -0.2) is 54.7 Å². The molecule has 2 aromatic heterocycles. The molecule has 4 aromatic rings. The number of nitrogens with zero attached hydrogens (tertiary/aromatic N) is 6. The molecular weight excluding hydrogens is 547 g/mol. The van der Waals surface area contributed by atoms with Crippen LogP contribution in [0.1, 0.15) is 40.5 Å². The predicted molar refractivity (Wildman–Crippen MR) is 162 cm³/mol. The Morgan fingerprint density at radius 1 is 1.23 bits per heavy atom. The first-order valence-corrected chi connectivity index (χ1v) is 14.3. The molecule has 0 radical (unpaired) electrons. The van der Waals surface area contributed by atoms with Gasteiger partial charge in [-0.25, -0.2) is 19.0 Å². The number of anilines is 1. The van der Waals surface area contributed by atoms with E-state index < -0.39 is 11.4 Å². The third-order valence-corrected chi connectivity index (χ3v) is 7.27. The minimum Gasteiger partial charge on any atom is -0.457 e. The SMILES string of the molecule is CC(C)NC(C)(C)C=C(C#N)C(=O)N1CCCC1Cn1nc(-c2ccc(Oc3ccccc3)cc2F)c2c(N)ncnc21. The lowest BCUT2D eigenvalue weighted by atomic mass is 9.99. The summed E-state index contributed by atoms with van der Waals surface area (Å²) < 4.78 is 22.9. The van der Waals surface area contributed by atoms with Crippen LogP contribution in [0, 0.1) is 17.1 Å². The van der Waals surface area contributed by atoms with Gasteiger partial charge < -0.3 is 20.7 Å². The Balaban J connectivity index is 1.45. The van der Waals surface area contributed by atoms with E-state index in [1.807, 2.05) is 45.9 Å². The van der Waals surface area contributed by atoms with Crippen LogP contribution in [0.5, 0.6) is 11.5 Å². The number of para-hydroxylation sites is 1. The summed E-state index contributed by atoms with van der Waals surface area (Å²) in [6, 6.07) is 15.7. The van der Waals surface area contributed by atoms with Crippen molar-refractivity contribution < 1.29 is 13.9 Å². The van der Waals surface area contributed by atoms with E-state index in [4.69, 9.17) is 15.6 Å². The van der Waals surface area contributed by atoms with Crippen LogP contribution in [0.4, 0.5) is 10.2 Å². The number of amides is 1. The zero-order valence-electron chi connectivity index (χ0n) is 24.7. The van der Waals surface area contributed by atoms with Crippen molar-refractivity contribution in [3.63, 3.8) is 0 Å². The van der Waals surface area contributed by atoms with Crippen molar-refractivity contribution >= 4 is 22.8 Å². The fraction of sp³-hybridized carbons (Fsp3) is 0.344. The molecule has 5 rings (SSSR count).